The molecule has 1 saturated heterocycles. The van der Waals surface area contributed by atoms with Gasteiger partial charge < -0.3 is 20.3 Å². The predicted molar refractivity (Wildman–Crippen MR) is 137 cm³/mol. The van der Waals surface area contributed by atoms with Crippen LogP contribution in [0.1, 0.15) is 30.4 Å². The first kappa shape index (κ1) is 24.3. The Balaban J connectivity index is 1.40. The highest BCUT2D eigenvalue weighted by molar-refractivity contribution is 9.10. The van der Waals surface area contributed by atoms with E-state index in [1.807, 2.05) is 30.3 Å². The van der Waals surface area contributed by atoms with Crippen molar-refractivity contribution in [1.29, 1.82) is 0 Å². The number of nitrogens with one attached hydrogen (secondary N) is 2. The van der Waals surface area contributed by atoms with Crippen LogP contribution in [0.3, 0.4) is 0 Å². The second kappa shape index (κ2) is 9.93. The van der Waals surface area contributed by atoms with E-state index in [4.69, 9.17) is 4.74 Å². The van der Waals surface area contributed by atoms with Crippen molar-refractivity contribution < 1.29 is 23.9 Å². The number of rotatable bonds is 4. The van der Waals surface area contributed by atoms with Gasteiger partial charge in [-0.05, 0) is 61.1 Å². The molecular weight excluding hydrogens is 528 g/mol. The summed E-state index contributed by atoms with van der Waals surface area (Å²) >= 11 is 3.38. The monoisotopic (exact) mass is 554 g/mol. The number of benzene rings is 2. The topological polar surface area (TPSA) is 108 Å². The number of methoxy groups -OCH3 is 1. The van der Waals surface area contributed by atoms with Gasteiger partial charge in [-0.1, -0.05) is 34.1 Å². The zero-order chi connectivity index (χ0) is 25.4. The van der Waals surface area contributed by atoms with E-state index in [9.17, 15) is 19.2 Å². The Morgan fingerprint density at radius 3 is 2.53 bits per heavy atom. The minimum absolute atomic E-state index is 0.244. The minimum Gasteiger partial charge on any atom is -0.453 e. The quantitative estimate of drug-likeness (QED) is 0.604. The standard InChI is InChI=1S/C26H27BrN4O5/c1-36-26(35)29-19-12-7-15-4-2-5-16-14-21(31(22(15)16)24(19)33)25(34)30-13-3-6-20(30)23(32)28-18-10-8-17(27)9-11-18/h2,4-5,8-11,19-21H,3,6-7,12-14H2,1H3,(H,28,32)(H,29,35)/t19-,20-,21-/m0/s1. The summed E-state index contributed by atoms with van der Waals surface area (Å²) in [5, 5.41) is 5.53. The molecule has 9 nitrogen and oxygen atoms in total. The van der Waals surface area contributed by atoms with Gasteiger partial charge in [-0.15, -0.1) is 0 Å². The van der Waals surface area contributed by atoms with Crippen molar-refractivity contribution in [3.8, 4) is 0 Å². The molecule has 5 rings (SSSR count). The highest BCUT2D eigenvalue weighted by Gasteiger charge is 2.47. The van der Waals surface area contributed by atoms with Crippen LogP contribution in [0.5, 0.6) is 0 Å². The third-order valence-corrected chi connectivity index (χ3v) is 7.65. The number of carbonyl (C=O) groups excluding carboxylic acids is 4. The van der Waals surface area contributed by atoms with E-state index < -0.39 is 24.2 Å². The lowest BCUT2D eigenvalue weighted by atomic mass is 10.0. The van der Waals surface area contributed by atoms with Gasteiger partial charge in [0, 0.05) is 23.1 Å². The number of carbonyl (C=O) groups is 4. The van der Waals surface area contributed by atoms with Gasteiger partial charge in [-0.25, -0.2) is 4.79 Å². The summed E-state index contributed by atoms with van der Waals surface area (Å²) in [5.74, 6) is -0.831. The second-order valence-electron chi connectivity index (χ2n) is 9.27. The van der Waals surface area contributed by atoms with Gasteiger partial charge in [0.15, 0.2) is 0 Å². The van der Waals surface area contributed by atoms with E-state index >= 15 is 0 Å². The van der Waals surface area contributed by atoms with Crippen molar-refractivity contribution in [3.63, 3.8) is 0 Å². The zero-order valence-electron chi connectivity index (χ0n) is 19.8. The first-order valence-corrected chi connectivity index (χ1v) is 12.8. The molecule has 0 aliphatic carbocycles. The molecule has 36 heavy (non-hydrogen) atoms. The van der Waals surface area contributed by atoms with Crippen molar-refractivity contribution in [1.82, 2.24) is 10.2 Å². The van der Waals surface area contributed by atoms with Gasteiger partial charge in [0.25, 0.3) is 0 Å². The maximum atomic E-state index is 13.9. The molecule has 0 bridgehead atoms. The summed E-state index contributed by atoms with van der Waals surface area (Å²) in [6.07, 6.45) is 1.93. The average molecular weight is 555 g/mol. The van der Waals surface area contributed by atoms with Gasteiger partial charge in [-0.3, -0.25) is 19.3 Å². The number of ether oxygens (including phenoxy) is 1. The molecule has 2 aromatic carbocycles. The number of para-hydroxylation sites is 1. The number of anilines is 2. The zero-order valence-corrected chi connectivity index (χ0v) is 21.4. The molecule has 4 amide bonds. The molecule has 0 aromatic heterocycles. The number of hydrogen-bond donors (Lipinski definition) is 2. The normalized spacial score (nSPS) is 22.6. The molecule has 0 spiro atoms. The maximum Gasteiger partial charge on any atom is 0.407 e. The van der Waals surface area contributed by atoms with Crippen LogP contribution in [0.4, 0.5) is 16.2 Å². The van der Waals surface area contributed by atoms with E-state index in [-0.39, 0.29) is 17.7 Å². The molecule has 10 heteroatoms. The summed E-state index contributed by atoms with van der Waals surface area (Å²) in [5.41, 5.74) is 3.30. The molecule has 3 aliphatic heterocycles. The molecule has 0 saturated carbocycles. The number of alkyl carbamates (subject to hydrolysis) is 1. The van der Waals surface area contributed by atoms with Gasteiger partial charge in [0.05, 0.1) is 12.8 Å². The number of nitrogens with zero attached hydrogens (tertiary/aromatic N) is 2. The van der Waals surface area contributed by atoms with Gasteiger partial charge in [-0.2, -0.15) is 0 Å². The van der Waals surface area contributed by atoms with Gasteiger partial charge in [0.2, 0.25) is 17.7 Å². The van der Waals surface area contributed by atoms with Crippen molar-refractivity contribution in [3.05, 3.63) is 58.1 Å². The molecule has 0 radical (unpaired) electrons. The molecule has 3 atom stereocenters. The lowest BCUT2D eigenvalue weighted by Gasteiger charge is -2.32. The smallest absolute Gasteiger partial charge is 0.407 e. The van der Waals surface area contributed by atoms with Crippen LogP contribution >= 0.6 is 15.9 Å². The van der Waals surface area contributed by atoms with Crippen molar-refractivity contribution in [2.45, 2.75) is 50.2 Å². The Morgan fingerprint density at radius 2 is 1.78 bits per heavy atom. The van der Waals surface area contributed by atoms with Crippen LogP contribution in [-0.2, 0) is 32.0 Å². The lowest BCUT2D eigenvalue weighted by Crippen LogP contribution is -2.56. The van der Waals surface area contributed by atoms with Crippen LogP contribution in [0, 0.1) is 0 Å². The summed E-state index contributed by atoms with van der Waals surface area (Å²) in [7, 11) is 1.25. The largest absolute Gasteiger partial charge is 0.453 e. The first-order valence-electron chi connectivity index (χ1n) is 12.0. The molecule has 188 valence electrons. The van der Waals surface area contributed by atoms with E-state index in [0.29, 0.717) is 44.3 Å². The van der Waals surface area contributed by atoms with E-state index in [1.165, 1.54) is 7.11 Å². The third-order valence-electron chi connectivity index (χ3n) is 7.12. The van der Waals surface area contributed by atoms with Crippen LogP contribution < -0.4 is 15.5 Å². The highest BCUT2D eigenvalue weighted by atomic mass is 79.9. The number of likely N-dealkylation sites (tertiary alicyclic amines) is 1. The van der Waals surface area contributed by atoms with Crippen LogP contribution in [-0.4, -0.2) is 60.5 Å². The van der Waals surface area contributed by atoms with Crippen LogP contribution in [0.25, 0.3) is 0 Å². The Labute approximate surface area is 217 Å². The number of halogens is 1. The van der Waals surface area contributed by atoms with Crippen LogP contribution in [0.15, 0.2) is 46.9 Å². The van der Waals surface area contributed by atoms with Gasteiger partial charge in [0.1, 0.15) is 18.1 Å². The SMILES string of the molecule is COC(=O)N[C@H]1CCc2cccc3c2N(C1=O)[C@H](C(=O)N1CCC[C@H]1C(=O)Nc1ccc(Br)cc1)C3. The lowest BCUT2D eigenvalue weighted by molar-refractivity contribution is -0.138. The van der Waals surface area contributed by atoms with Crippen molar-refractivity contribution in [2.24, 2.45) is 0 Å². The molecular formula is C26H27BrN4O5. The van der Waals surface area contributed by atoms with E-state index in [0.717, 1.165) is 21.3 Å². The van der Waals surface area contributed by atoms with Gasteiger partial charge >= 0.3 is 6.09 Å². The Morgan fingerprint density at radius 1 is 1.03 bits per heavy atom. The molecule has 2 aromatic rings. The molecule has 3 aliphatic rings. The van der Waals surface area contributed by atoms with E-state index in [1.54, 1.807) is 21.9 Å². The summed E-state index contributed by atoms with van der Waals surface area (Å²) < 4.78 is 5.61. The molecule has 2 N–H and O–H groups in total. The summed E-state index contributed by atoms with van der Waals surface area (Å²) in [6, 6.07) is 10.9. The average Bonchev–Trinajstić information content (AvgIpc) is 3.49. The summed E-state index contributed by atoms with van der Waals surface area (Å²) in [4.78, 5) is 55.7. The predicted octanol–water partition coefficient (Wildman–Crippen LogP) is 3.01. The fourth-order valence-corrected chi connectivity index (χ4v) is 5.68. The Bertz CT molecular complexity index is 1220. The number of amides is 4. The fourth-order valence-electron chi connectivity index (χ4n) is 5.42. The minimum atomic E-state index is -0.804. The van der Waals surface area contributed by atoms with Crippen molar-refractivity contribution >= 4 is 51.1 Å². The number of aryl methyl sites for hydroxylation is 1. The first-order chi connectivity index (χ1) is 17.4. The Hall–Kier alpha value is -3.40. The van der Waals surface area contributed by atoms with Crippen LogP contribution in [0.2, 0.25) is 0 Å². The fraction of sp³-hybridized carbons (Fsp3) is 0.385. The second-order valence-corrected chi connectivity index (χ2v) is 10.2. The molecule has 3 heterocycles. The maximum absolute atomic E-state index is 13.9. The third kappa shape index (κ3) is 4.45. The molecule has 0 unspecified atom stereocenters. The number of hydrogen-bond acceptors (Lipinski definition) is 5. The van der Waals surface area contributed by atoms with Crippen molar-refractivity contribution in [2.75, 3.05) is 23.9 Å². The molecule has 1 fully saturated rings. The summed E-state index contributed by atoms with van der Waals surface area (Å²) in [6.45, 7) is 0.447. The highest BCUT2D eigenvalue weighted by Crippen LogP contribution is 2.40. The van der Waals surface area contributed by atoms with E-state index in [2.05, 4.69) is 26.6 Å². The Kier molecular flexibility index (Phi) is 6.70.